The van der Waals surface area contributed by atoms with E-state index in [1.807, 2.05) is 12.1 Å². The fraction of sp³-hybridized carbons (Fsp3) is 0.667. The maximum Gasteiger partial charge on any atom is 0.269 e. The van der Waals surface area contributed by atoms with Gasteiger partial charge in [-0.1, -0.05) is 26.2 Å². The van der Waals surface area contributed by atoms with Gasteiger partial charge in [-0.25, -0.2) is 0 Å². The minimum Gasteiger partial charge on any atom is -0.371 e. The second-order valence-corrected chi connectivity index (χ2v) is 6.87. The average Bonchev–Trinajstić information content (AvgIpc) is 2.56. The van der Waals surface area contributed by atoms with Crippen LogP contribution in [0.15, 0.2) is 24.3 Å². The van der Waals surface area contributed by atoms with Gasteiger partial charge >= 0.3 is 0 Å². The van der Waals surface area contributed by atoms with Crippen molar-refractivity contribution in [2.45, 2.75) is 57.9 Å². The van der Waals surface area contributed by atoms with E-state index < -0.39 is 0 Å². The first-order valence-corrected chi connectivity index (χ1v) is 8.81. The Balaban J connectivity index is 0.000000229. The molecule has 3 rings (SSSR count). The zero-order valence-electron chi connectivity index (χ0n) is 14.1. The van der Waals surface area contributed by atoms with Crippen LogP contribution in [0.5, 0.6) is 0 Å². The van der Waals surface area contributed by atoms with Crippen molar-refractivity contribution in [3.8, 4) is 0 Å². The van der Waals surface area contributed by atoms with E-state index >= 15 is 0 Å². The predicted octanol–water partition coefficient (Wildman–Crippen LogP) is 4.11. The fourth-order valence-corrected chi connectivity index (χ4v) is 3.34. The molecule has 1 saturated heterocycles. The first-order chi connectivity index (χ1) is 11.1. The Hall–Kier alpha value is -1.62. The molecule has 5 heteroatoms. The number of rotatable bonds is 2. The molecule has 1 unspecified atom stereocenters. The molecule has 1 atom stereocenters. The standard InChI is InChI=1S/C12H16N2O2.C6H13N/c1-10-3-2-8-13(9-10)11-4-6-12(7-5-11)14(15)16;7-6-4-2-1-3-5-6/h4-7,10H,2-3,8-9H2,1H3;6H,1-5,7H2. The molecule has 1 heterocycles. The highest BCUT2D eigenvalue weighted by molar-refractivity contribution is 5.51. The molecular weight excluding hydrogens is 290 g/mol. The summed E-state index contributed by atoms with van der Waals surface area (Å²) in [6.45, 7) is 4.36. The Morgan fingerprint density at radius 2 is 1.74 bits per heavy atom. The van der Waals surface area contributed by atoms with Crippen LogP contribution >= 0.6 is 0 Å². The Morgan fingerprint density at radius 3 is 2.22 bits per heavy atom. The first kappa shape index (κ1) is 17.7. The fourth-order valence-electron chi connectivity index (χ4n) is 3.34. The second kappa shape index (κ2) is 8.87. The molecule has 1 aromatic rings. The highest BCUT2D eigenvalue weighted by atomic mass is 16.6. The van der Waals surface area contributed by atoms with E-state index in [0.717, 1.165) is 18.8 Å². The quantitative estimate of drug-likeness (QED) is 0.657. The number of anilines is 1. The molecule has 128 valence electrons. The zero-order chi connectivity index (χ0) is 16.7. The number of piperidine rings is 1. The van der Waals surface area contributed by atoms with Crippen molar-refractivity contribution in [2.24, 2.45) is 11.7 Å². The van der Waals surface area contributed by atoms with Gasteiger partial charge in [0.1, 0.15) is 0 Å². The lowest BCUT2D eigenvalue weighted by molar-refractivity contribution is -0.384. The maximum atomic E-state index is 10.5. The molecule has 0 amide bonds. The Labute approximate surface area is 139 Å². The van der Waals surface area contributed by atoms with Gasteiger partial charge in [-0.2, -0.15) is 0 Å². The largest absolute Gasteiger partial charge is 0.371 e. The van der Waals surface area contributed by atoms with Crippen LogP contribution in [0.2, 0.25) is 0 Å². The van der Waals surface area contributed by atoms with Crippen LogP contribution in [0.4, 0.5) is 11.4 Å². The summed E-state index contributed by atoms with van der Waals surface area (Å²) in [6.07, 6.45) is 9.15. The normalized spacial score (nSPS) is 22.2. The van der Waals surface area contributed by atoms with Gasteiger partial charge in [-0.05, 0) is 43.7 Å². The molecule has 2 fully saturated rings. The molecule has 2 aliphatic rings. The van der Waals surface area contributed by atoms with Crippen LogP contribution in [0.1, 0.15) is 51.9 Å². The van der Waals surface area contributed by atoms with Crippen molar-refractivity contribution >= 4 is 11.4 Å². The number of hydrogen-bond donors (Lipinski definition) is 1. The van der Waals surface area contributed by atoms with E-state index in [4.69, 9.17) is 5.73 Å². The molecule has 1 aliphatic heterocycles. The van der Waals surface area contributed by atoms with Crippen LogP contribution in [0.25, 0.3) is 0 Å². The minimum atomic E-state index is -0.359. The summed E-state index contributed by atoms with van der Waals surface area (Å²) < 4.78 is 0. The zero-order valence-corrected chi connectivity index (χ0v) is 14.1. The SMILES string of the molecule is CC1CCCN(c2ccc([N+](=O)[O-])cc2)C1.NC1CCCCC1. The number of nitro benzene ring substituents is 1. The third-order valence-electron chi connectivity index (χ3n) is 4.73. The summed E-state index contributed by atoms with van der Waals surface area (Å²) in [6, 6.07) is 7.38. The average molecular weight is 319 g/mol. The summed E-state index contributed by atoms with van der Waals surface area (Å²) in [7, 11) is 0. The van der Waals surface area contributed by atoms with Gasteiger partial charge < -0.3 is 10.6 Å². The highest BCUT2D eigenvalue weighted by Crippen LogP contribution is 2.24. The van der Waals surface area contributed by atoms with Gasteiger partial charge in [-0.3, -0.25) is 10.1 Å². The lowest BCUT2D eigenvalue weighted by atomic mass is 9.97. The second-order valence-electron chi connectivity index (χ2n) is 6.87. The van der Waals surface area contributed by atoms with Crippen molar-refractivity contribution in [2.75, 3.05) is 18.0 Å². The summed E-state index contributed by atoms with van der Waals surface area (Å²) in [5.74, 6) is 0.712. The van der Waals surface area contributed by atoms with Gasteiger partial charge in [0.15, 0.2) is 0 Å². The molecule has 0 bridgehead atoms. The van der Waals surface area contributed by atoms with E-state index in [1.165, 1.54) is 44.9 Å². The molecule has 1 saturated carbocycles. The molecular formula is C18H29N3O2. The molecule has 23 heavy (non-hydrogen) atoms. The predicted molar refractivity (Wildman–Crippen MR) is 94.8 cm³/mol. The molecule has 1 aromatic carbocycles. The first-order valence-electron chi connectivity index (χ1n) is 8.81. The van der Waals surface area contributed by atoms with Crippen LogP contribution in [-0.4, -0.2) is 24.1 Å². The van der Waals surface area contributed by atoms with Crippen molar-refractivity contribution in [3.63, 3.8) is 0 Å². The molecule has 5 nitrogen and oxygen atoms in total. The molecule has 0 aromatic heterocycles. The van der Waals surface area contributed by atoms with Crippen LogP contribution in [0, 0.1) is 16.0 Å². The van der Waals surface area contributed by atoms with E-state index in [2.05, 4.69) is 11.8 Å². The van der Waals surface area contributed by atoms with Crippen LogP contribution in [-0.2, 0) is 0 Å². The van der Waals surface area contributed by atoms with Gasteiger partial charge in [0.25, 0.3) is 5.69 Å². The number of non-ortho nitro benzene ring substituents is 1. The van der Waals surface area contributed by atoms with Gasteiger partial charge in [0.2, 0.25) is 0 Å². The monoisotopic (exact) mass is 319 g/mol. The number of nitrogens with two attached hydrogens (primary N) is 1. The number of benzene rings is 1. The topological polar surface area (TPSA) is 72.4 Å². The minimum absolute atomic E-state index is 0.161. The van der Waals surface area contributed by atoms with E-state index in [1.54, 1.807) is 12.1 Å². The van der Waals surface area contributed by atoms with Crippen molar-refractivity contribution in [3.05, 3.63) is 34.4 Å². The number of nitro groups is 1. The van der Waals surface area contributed by atoms with Gasteiger partial charge in [-0.15, -0.1) is 0 Å². The third-order valence-corrected chi connectivity index (χ3v) is 4.73. The summed E-state index contributed by atoms with van der Waals surface area (Å²) in [4.78, 5) is 12.5. The van der Waals surface area contributed by atoms with Gasteiger partial charge in [0, 0.05) is 37.0 Å². The number of nitrogens with zero attached hydrogens (tertiary/aromatic N) is 2. The van der Waals surface area contributed by atoms with E-state index in [-0.39, 0.29) is 10.6 Å². The van der Waals surface area contributed by atoms with Crippen molar-refractivity contribution in [1.29, 1.82) is 0 Å². The lowest BCUT2D eigenvalue weighted by Gasteiger charge is -2.32. The Morgan fingerprint density at radius 1 is 1.09 bits per heavy atom. The van der Waals surface area contributed by atoms with Crippen molar-refractivity contribution < 1.29 is 4.92 Å². The van der Waals surface area contributed by atoms with Crippen molar-refractivity contribution in [1.82, 2.24) is 0 Å². The molecule has 1 aliphatic carbocycles. The Kier molecular flexibility index (Phi) is 6.84. The summed E-state index contributed by atoms with van der Waals surface area (Å²) >= 11 is 0. The lowest BCUT2D eigenvalue weighted by Crippen LogP contribution is -2.34. The number of hydrogen-bond acceptors (Lipinski definition) is 4. The van der Waals surface area contributed by atoms with Gasteiger partial charge in [0.05, 0.1) is 4.92 Å². The smallest absolute Gasteiger partial charge is 0.269 e. The highest BCUT2D eigenvalue weighted by Gasteiger charge is 2.17. The molecule has 0 radical (unpaired) electrons. The maximum absolute atomic E-state index is 10.5. The summed E-state index contributed by atoms with van der Waals surface area (Å²) in [5, 5.41) is 10.5. The molecule has 0 spiro atoms. The molecule has 2 N–H and O–H groups in total. The third kappa shape index (κ3) is 5.82. The van der Waals surface area contributed by atoms with E-state index in [0.29, 0.717) is 12.0 Å². The van der Waals surface area contributed by atoms with Crippen LogP contribution < -0.4 is 10.6 Å². The van der Waals surface area contributed by atoms with Crippen LogP contribution in [0.3, 0.4) is 0 Å². The summed E-state index contributed by atoms with van der Waals surface area (Å²) in [5.41, 5.74) is 6.89. The van der Waals surface area contributed by atoms with E-state index in [9.17, 15) is 10.1 Å². The Bertz CT molecular complexity index is 484.